The minimum absolute atomic E-state index is 0.287. The summed E-state index contributed by atoms with van der Waals surface area (Å²) >= 11 is 0. The highest BCUT2D eigenvalue weighted by molar-refractivity contribution is 5.84. The largest absolute Gasteiger partial charge is 0.496 e. The zero-order valence-electron chi connectivity index (χ0n) is 11.1. The van der Waals surface area contributed by atoms with Gasteiger partial charge in [-0.15, -0.1) is 0 Å². The molecule has 18 heavy (non-hydrogen) atoms. The van der Waals surface area contributed by atoms with Crippen LogP contribution in [0.15, 0.2) is 27.4 Å². The minimum Gasteiger partial charge on any atom is -0.496 e. The summed E-state index contributed by atoms with van der Waals surface area (Å²) in [4.78, 5) is 11.6. The highest BCUT2D eigenvalue weighted by Crippen LogP contribution is 2.28. The van der Waals surface area contributed by atoms with Crippen LogP contribution in [0.5, 0.6) is 5.75 Å². The van der Waals surface area contributed by atoms with Crippen LogP contribution >= 0.6 is 0 Å². The Morgan fingerprint density at radius 1 is 1.33 bits per heavy atom. The first-order chi connectivity index (χ1) is 8.67. The van der Waals surface area contributed by atoms with Gasteiger partial charge in [0, 0.05) is 17.0 Å². The van der Waals surface area contributed by atoms with Crippen LogP contribution in [0.2, 0.25) is 0 Å². The normalized spacial score (nSPS) is 10.8. The summed E-state index contributed by atoms with van der Waals surface area (Å²) in [5.41, 5.74) is 2.30. The number of hydrogen-bond donors (Lipinski definition) is 0. The molecule has 3 nitrogen and oxygen atoms in total. The van der Waals surface area contributed by atoms with E-state index in [0.717, 1.165) is 41.5 Å². The van der Waals surface area contributed by atoms with Crippen molar-refractivity contribution in [1.29, 1.82) is 0 Å². The maximum Gasteiger partial charge on any atom is 0.336 e. The summed E-state index contributed by atoms with van der Waals surface area (Å²) in [5.74, 6) is 0.748. The van der Waals surface area contributed by atoms with E-state index in [-0.39, 0.29) is 5.63 Å². The Hall–Kier alpha value is -1.77. The summed E-state index contributed by atoms with van der Waals surface area (Å²) in [5, 5.41) is 1.02. The Balaban J connectivity index is 2.66. The van der Waals surface area contributed by atoms with Gasteiger partial charge >= 0.3 is 5.63 Å². The molecule has 0 unspecified atom stereocenters. The first-order valence-electron chi connectivity index (χ1n) is 6.27. The quantitative estimate of drug-likeness (QED) is 0.776. The molecule has 0 aliphatic heterocycles. The predicted octanol–water partition coefficient (Wildman–Crippen LogP) is 3.45. The Morgan fingerprint density at radius 3 is 2.78 bits per heavy atom. The summed E-state index contributed by atoms with van der Waals surface area (Å²) < 4.78 is 10.6. The Morgan fingerprint density at radius 2 is 2.11 bits per heavy atom. The molecule has 0 N–H and O–H groups in total. The number of unbranched alkanes of at least 4 members (excludes halogenated alkanes) is 1. The molecular formula is C15H18O3. The van der Waals surface area contributed by atoms with Crippen molar-refractivity contribution >= 4 is 11.0 Å². The highest BCUT2D eigenvalue weighted by atomic mass is 16.5. The van der Waals surface area contributed by atoms with E-state index < -0.39 is 0 Å². The third kappa shape index (κ3) is 2.26. The van der Waals surface area contributed by atoms with Crippen molar-refractivity contribution in [3.63, 3.8) is 0 Å². The fourth-order valence-corrected chi connectivity index (χ4v) is 2.20. The lowest BCUT2D eigenvalue weighted by Gasteiger charge is -2.09. The zero-order chi connectivity index (χ0) is 13.1. The molecule has 1 aromatic heterocycles. The van der Waals surface area contributed by atoms with Crippen molar-refractivity contribution in [2.45, 2.75) is 33.1 Å². The molecule has 0 amide bonds. The summed E-state index contributed by atoms with van der Waals surface area (Å²) in [6, 6.07) is 5.49. The molecule has 0 bridgehead atoms. The van der Waals surface area contributed by atoms with E-state index in [0.29, 0.717) is 5.58 Å². The maximum atomic E-state index is 11.6. The second-order valence-corrected chi connectivity index (χ2v) is 4.46. The first-order valence-corrected chi connectivity index (χ1v) is 6.27. The van der Waals surface area contributed by atoms with Gasteiger partial charge in [0.05, 0.1) is 7.11 Å². The van der Waals surface area contributed by atoms with Crippen LogP contribution in [0.1, 0.15) is 30.9 Å². The number of fused-ring (bicyclic) bond motifs is 1. The van der Waals surface area contributed by atoms with Gasteiger partial charge in [0.1, 0.15) is 11.3 Å². The van der Waals surface area contributed by atoms with E-state index in [1.54, 1.807) is 13.2 Å². The molecule has 96 valence electrons. The van der Waals surface area contributed by atoms with E-state index in [1.807, 2.05) is 19.1 Å². The van der Waals surface area contributed by atoms with Gasteiger partial charge in [-0.2, -0.15) is 0 Å². The molecule has 3 heteroatoms. The van der Waals surface area contributed by atoms with Gasteiger partial charge < -0.3 is 9.15 Å². The Bertz CT molecular complexity index is 611. The van der Waals surface area contributed by atoms with Gasteiger partial charge in [-0.05, 0) is 37.5 Å². The van der Waals surface area contributed by atoms with Crippen molar-refractivity contribution in [1.82, 2.24) is 0 Å². The van der Waals surface area contributed by atoms with Crippen molar-refractivity contribution < 1.29 is 9.15 Å². The molecule has 0 fully saturated rings. The lowest BCUT2D eigenvalue weighted by Crippen LogP contribution is -2.02. The number of aryl methyl sites for hydroxylation is 2. The molecule has 0 atom stereocenters. The molecule has 0 aliphatic carbocycles. The van der Waals surface area contributed by atoms with Gasteiger partial charge in [-0.1, -0.05) is 13.3 Å². The zero-order valence-corrected chi connectivity index (χ0v) is 11.1. The van der Waals surface area contributed by atoms with E-state index in [4.69, 9.17) is 9.15 Å². The van der Waals surface area contributed by atoms with E-state index in [2.05, 4.69) is 6.92 Å². The standard InChI is InChI=1S/C15H18O3/c1-4-5-6-11-9-14(16)18-15-10(2)13(17-3)8-7-12(11)15/h7-9H,4-6H2,1-3H3. The molecule has 0 saturated heterocycles. The number of benzene rings is 1. The topological polar surface area (TPSA) is 39.4 Å². The minimum atomic E-state index is -0.287. The van der Waals surface area contributed by atoms with Crippen LogP contribution in [-0.2, 0) is 6.42 Å². The SMILES string of the molecule is CCCCc1cc(=O)oc2c(C)c(OC)ccc12. The van der Waals surface area contributed by atoms with E-state index in [9.17, 15) is 4.79 Å². The van der Waals surface area contributed by atoms with Crippen molar-refractivity contribution in [3.05, 3.63) is 39.7 Å². The second-order valence-electron chi connectivity index (χ2n) is 4.46. The van der Waals surface area contributed by atoms with Gasteiger partial charge in [-0.3, -0.25) is 0 Å². The van der Waals surface area contributed by atoms with E-state index in [1.165, 1.54) is 0 Å². The molecule has 2 rings (SSSR count). The highest BCUT2D eigenvalue weighted by Gasteiger charge is 2.10. The van der Waals surface area contributed by atoms with Gasteiger partial charge in [0.2, 0.25) is 0 Å². The van der Waals surface area contributed by atoms with Crippen LogP contribution in [0, 0.1) is 6.92 Å². The Kier molecular flexibility index (Phi) is 3.70. The van der Waals surface area contributed by atoms with Gasteiger partial charge in [-0.25, -0.2) is 4.79 Å². The average Bonchev–Trinajstić information content (AvgIpc) is 2.37. The fraction of sp³-hybridized carbons (Fsp3) is 0.400. The number of methoxy groups -OCH3 is 1. The van der Waals surface area contributed by atoms with Crippen LogP contribution in [0.3, 0.4) is 0 Å². The molecule has 1 heterocycles. The molecule has 0 radical (unpaired) electrons. The number of rotatable bonds is 4. The molecule has 0 aliphatic rings. The smallest absolute Gasteiger partial charge is 0.336 e. The van der Waals surface area contributed by atoms with Gasteiger partial charge in [0.15, 0.2) is 0 Å². The van der Waals surface area contributed by atoms with Crippen LogP contribution < -0.4 is 10.4 Å². The average molecular weight is 246 g/mol. The van der Waals surface area contributed by atoms with E-state index >= 15 is 0 Å². The molecule has 1 aromatic carbocycles. The first kappa shape index (κ1) is 12.7. The number of ether oxygens (including phenoxy) is 1. The Labute approximate surface area is 106 Å². The fourth-order valence-electron chi connectivity index (χ4n) is 2.20. The predicted molar refractivity (Wildman–Crippen MR) is 72.4 cm³/mol. The monoisotopic (exact) mass is 246 g/mol. The molecular weight excluding hydrogens is 228 g/mol. The van der Waals surface area contributed by atoms with Crippen LogP contribution in [-0.4, -0.2) is 7.11 Å². The molecule has 0 saturated carbocycles. The number of hydrogen-bond acceptors (Lipinski definition) is 3. The van der Waals surface area contributed by atoms with Crippen molar-refractivity contribution in [3.8, 4) is 5.75 Å². The summed E-state index contributed by atoms with van der Waals surface area (Å²) in [7, 11) is 1.62. The lowest BCUT2D eigenvalue weighted by atomic mass is 10.0. The lowest BCUT2D eigenvalue weighted by molar-refractivity contribution is 0.410. The van der Waals surface area contributed by atoms with Crippen molar-refractivity contribution in [2.75, 3.05) is 7.11 Å². The second kappa shape index (κ2) is 5.25. The van der Waals surface area contributed by atoms with Crippen molar-refractivity contribution in [2.24, 2.45) is 0 Å². The van der Waals surface area contributed by atoms with Crippen LogP contribution in [0.25, 0.3) is 11.0 Å². The van der Waals surface area contributed by atoms with Gasteiger partial charge in [0.25, 0.3) is 0 Å². The summed E-state index contributed by atoms with van der Waals surface area (Å²) in [6.45, 7) is 4.05. The molecule has 2 aromatic rings. The van der Waals surface area contributed by atoms with Crippen LogP contribution in [0.4, 0.5) is 0 Å². The third-order valence-electron chi connectivity index (χ3n) is 3.22. The molecule has 0 spiro atoms. The third-order valence-corrected chi connectivity index (χ3v) is 3.22. The summed E-state index contributed by atoms with van der Waals surface area (Å²) in [6.07, 6.45) is 3.09. The maximum absolute atomic E-state index is 11.6.